The second-order valence-corrected chi connectivity index (χ2v) is 4.79. The van der Waals surface area contributed by atoms with Crippen molar-refractivity contribution in [3.05, 3.63) is 35.4 Å². The number of halogens is 2. The van der Waals surface area contributed by atoms with Crippen LogP contribution in [0.15, 0.2) is 24.3 Å². The van der Waals surface area contributed by atoms with Crippen molar-refractivity contribution < 1.29 is 13.9 Å². The van der Waals surface area contributed by atoms with Gasteiger partial charge in [0.25, 0.3) is 6.43 Å². The zero-order valence-corrected chi connectivity index (χ0v) is 9.57. The molecule has 17 heavy (non-hydrogen) atoms. The minimum absolute atomic E-state index is 0.0481. The lowest BCUT2D eigenvalue weighted by molar-refractivity contribution is -0.0298. The van der Waals surface area contributed by atoms with E-state index in [2.05, 4.69) is 0 Å². The molecule has 3 N–H and O–H groups in total. The molecule has 1 aromatic rings. The Labute approximate surface area is 99.4 Å². The molecule has 0 heterocycles. The molecule has 1 unspecified atom stereocenters. The van der Waals surface area contributed by atoms with E-state index in [1.54, 1.807) is 12.1 Å². The Kier molecular flexibility index (Phi) is 3.45. The van der Waals surface area contributed by atoms with Gasteiger partial charge in [-0.2, -0.15) is 0 Å². The number of nitrogens with two attached hydrogens (primary N) is 1. The van der Waals surface area contributed by atoms with Gasteiger partial charge < -0.3 is 10.8 Å². The van der Waals surface area contributed by atoms with Crippen LogP contribution in [-0.2, 0) is 0 Å². The minimum atomic E-state index is -2.50. The Morgan fingerprint density at radius 3 is 2.41 bits per heavy atom. The molecule has 2 nitrogen and oxygen atoms in total. The number of hydrogen-bond acceptors (Lipinski definition) is 2. The highest BCUT2D eigenvalue weighted by Gasteiger charge is 2.42. The van der Waals surface area contributed by atoms with Crippen molar-refractivity contribution in [1.29, 1.82) is 0 Å². The van der Waals surface area contributed by atoms with Gasteiger partial charge in [0, 0.05) is 17.5 Å². The Bertz CT molecular complexity index is 385. The quantitative estimate of drug-likeness (QED) is 0.851. The van der Waals surface area contributed by atoms with E-state index in [-0.39, 0.29) is 11.0 Å². The predicted octanol–water partition coefficient (Wildman–Crippen LogP) is 2.79. The van der Waals surface area contributed by atoms with Crippen LogP contribution in [-0.4, -0.2) is 11.7 Å². The molecule has 0 saturated heterocycles. The average molecular weight is 241 g/mol. The van der Waals surface area contributed by atoms with Crippen LogP contribution in [0.1, 0.15) is 42.9 Å². The first-order valence-corrected chi connectivity index (χ1v) is 5.85. The van der Waals surface area contributed by atoms with Gasteiger partial charge in [0.05, 0.1) is 6.10 Å². The molecule has 0 amide bonds. The fourth-order valence-corrected chi connectivity index (χ4v) is 2.44. The van der Waals surface area contributed by atoms with Gasteiger partial charge in [-0.25, -0.2) is 8.78 Å². The number of aliphatic hydroxyl groups is 1. The van der Waals surface area contributed by atoms with Crippen molar-refractivity contribution in [3.8, 4) is 0 Å². The lowest BCUT2D eigenvalue weighted by Gasteiger charge is -2.45. The Hall–Kier alpha value is -1.00. The fraction of sp³-hybridized carbons (Fsp3) is 0.538. The first-order valence-electron chi connectivity index (χ1n) is 5.85. The summed E-state index contributed by atoms with van der Waals surface area (Å²) in [5.41, 5.74) is 5.89. The molecule has 1 aliphatic rings. The van der Waals surface area contributed by atoms with Gasteiger partial charge in [-0.15, -0.1) is 0 Å². The van der Waals surface area contributed by atoms with E-state index in [0.717, 1.165) is 19.3 Å². The van der Waals surface area contributed by atoms with Crippen molar-refractivity contribution in [2.45, 2.75) is 31.8 Å². The van der Waals surface area contributed by atoms with Gasteiger partial charge in [-0.05, 0) is 24.5 Å². The molecule has 1 saturated carbocycles. The van der Waals surface area contributed by atoms with E-state index in [1.165, 1.54) is 12.1 Å². The lowest BCUT2D eigenvalue weighted by atomic mass is 9.63. The van der Waals surface area contributed by atoms with Crippen LogP contribution in [0, 0.1) is 5.41 Å². The zero-order chi connectivity index (χ0) is 12.5. The molecule has 94 valence electrons. The highest BCUT2D eigenvalue weighted by atomic mass is 19.3. The Morgan fingerprint density at radius 1 is 1.29 bits per heavy atom. The van der Waals surface area contributed by atoms with Gasteiger partial charge in [0.1, 0.15) is 0 Å². The molecule has 0 aliphatic heterocycles. The molecule has 0 radical (unpaired) electrons. The molecule has 1 fully saturated rings. The molecular formula is C13H17F2NO. The van der Waals surface area contributed by atoms with E-state index in [4.69, 9.17) is 5.73 Å². The lowest BCUT2D eigenvalue weighted by Crippen LogP contribution is -2.42. The zero-order valence-electron chi connectivity index (χ0n) is 9.57. The summed E-state index contributed by atoms with van der Waals surface area (Å²) in [6, 6.07) is 6.00. The Balaban J connectivity index is 2.24. The molecule has 0 spiro atoms. The number of benzene rings is 1. The number of alkyl halides is 2. The van der Waals surface area contributed by atoms with Crippen LogP contribution in [0.3, 0.4) is 0 Å². The highest BCUT2D eigenvalue weighted by Crippen LogP contribution is 2.49. The monoisotopic (exact) mass is 241 g/mol. The second-order valence-electron chi connectivity index (χ2n) is 4.79. The standard InChI is InChI=1S/C13H17F2NO/c14-12(15)10-4-1-3-9(7-10)11(17)13(8-16)5-2-6-13/h1,3-4,7,11-12,17H,2,5-6,8,16H2. The van der Waals surface area contributed by atoms with Crippen LogP contribution >= 0.6 is 0 Å². The van der Waals surface area contributed by atoms with E-state index in [1.807, 2.05) is 0 Å². The SMILES string of the molecule is NCC1(C(O)c2cccc(C(F)F)c2)CCC1. The van der Waals surface area contributed by atoms with Crippen molar-refractivity contribution in [1.82, 2.24) is 0 Å². The van der Waals surface area contributed by atoms with Crippen molar-refractivity contribution in [2.75, 3.05) is 6.54 Å². The molecule has 1 atom stereocenters. The van der Waals surface area contributed by atoms with E-state index < -0.39 is 12.5 Å². The summed E-state index contributed by atoms with van der Waals surface area (Å²) in [7, 11) is 0. The smallest absolute Gasteiger partial charge is 0.263 e. The van der Waals surface area contributed by atoms with Crippen LogP contribution < -0.4 is 5.73 Å². The van der Waals surface area contributed by atoms with Gasteiger partial charge in [0.15, 0.2) is 0 Å². The average Bonchev–Trinajstić information content (AvgIpc) is 2.28. The second kappa shape index (κ2) is 4.70. The van der Waals surface area contributed by atoms with Gasteiger partial charge in [0.2, 0.25) is 0 Å². The topological polar surface area (TPSA) is 46.2 Å². The van der Waals surface area contributed by atoms with Crippen LogP contribution in [0.2, 0.25) is 0 Å². The van der Waals surface area contributed by atoms with E-state index in [0.29, 0.717) is 12.1 Å². The maximum atomic E-state index is 12.6. The first kappa shape index (κ1) is 12.5. The van der Waals surface area contributed by atoms with Crippen LogP contribution in [0.4, 0.5) is 8.78 Å². The third-order valence-corrected chi connectivity index (χ3v) is 3.81. The largest absolute Gasteiger partial charge is 0.388 e. The van der Waals surface area contributed by atoms with Crippen LogP contribution in [0.5, 0.6) is 0 Å². The van der Waals surface area contributed by atoms with Gasteiger partial charge in [-0.1, -0.05) is 24.6 Å². The molecule has 0 bridgehead atoms. The maximum absolute atomic E-state index is 12.6. The summed E-state index contributed by atoms with van der Waals surface area (Å²) in [4.78, 5) is 0. The van der Waals surface area contributed by atoms with Crippen LogP contribution in [0.25, 0.3) is 0 Å². The summed E-state index contributed by atoms with van der Waals surface area (Å²) in [5.74, 6) is 0. The summed E-state index contributed by atoms with van der Waals surface area (Å²) in [6.07, 6.45) is -0.465. The molecule has 2 rings (SSSR count). The van der Waals surface area contributed by atoms with E-state index >= 15 is 0 Å². The molecular weight excluding hydrogens is 224 g/mol. The first-order chi connectivity index (χ1) is 8.09. The summed E-state index contributed by atoms with van der Waals surface area (Å²) < 4.78 is 25.2. The number of rotatable bonds is 4. The highest BCUT2D eigenvalue weighted by molar-refractivity contribution is 5.28. The van der Waals surface area contributed by atoms with Crippen molar-refractivity contribution >= 4 is 0 Å². The molecule has 0 aromatic heterocycles. The summed E-state index contributed by atoms with van der Waals surface area (Å²) in [5, 5.41) is 10.3. The maximum Gasteiger partial charge on any atom is 0.263 e. The minimum Gasteiger partial charge on any atom is -0.388 e. The molecule has 4 heteroatoms. The fourth-order valence-electron chi connectivity index (χ4n) is 2.44. The number of hydrogen-bond donors (Lipinski definition) is 2. The third-order valence-electron chi connectivity index (χ3n) is 3.81. The third kappa shape index (κ3) is 2.19. The van der Waals surface area contributed by atoms with Gasteiger partial charge in [-0.3, -0.25) is 0 Å². The predicted molar refractivity (Wildman–Crippen MR) is 61.7 cm³/mol. The summed E-state index contributed by atoms with van der Waals surface area (Å²) >= 11 is 0. The van der Waals surface area contributed by atoms with Gasteiger partial charge >= 0.3 is 0 Å². The molecule has 1 aromatic carbocycles. The Morgan fingerprint density at radius 2 is 1.94 bits per heavy atom. The molecule has 1 aliphatic carbocycles. The van der Waals surface area contributed by atoms with Crippen molar-refractivity contribution in [3.63, 3.8) is 0 Å². The van der Waals surface area contributed by atoms with Crippen molar-refractivity contribution in [2.24, 2.45) is 11.1 Å². The normalized spacial score (nSPS) is 20.1. The summed E-state index contributed by atoms with van der Waals surface area (Å²) in [6.45, 7) is 0.396. The van der Waals surface area contributed by atoms with E-state index in [9.17, 15) is 13.9 Å². The number of aliphatic hydroxyl groups excluding tert-OH is 1.